The molecule has 3 heterocycles. The van der Waals surface area contributed by atoms with E-state index in [1.165, 1.54) is 21.1 Å². The molecule has 138 valence electrons. The molecule has 2 aromatic rings. The van der Waals surface area contributed by atoms with Gasteiger partial charge < -0.3 is 20.2 Å². The molecule has 0 radical (unpaired) electrons. The maximum Gasteiger partial charge on any atom is 0.265 e. The van der Waals surface area contributed by atoms with Crippen LogP contribution in [0.3, 0.4) is 0 Å². The van der Waals surface area contributed by atoms with Gasteiger partial charge in [0.05, 0.1) is 6.04 Å². The third kappa shape index (κ3) is 3.43. The van der Waals surface area contributed by atoms with Crippen molar-refractivity contribution in [3.05, 3.63) is 36.2 Å². The van der Waals surface area contributed by atoms with Gasteiger partial charge in [-0.1, -0.05) is 0 Å². The fraction of sp³-hybridized carbons (Fsp3) is 0.429. The third-order valence-electron chi connectivity index (χ3n) is 4.19. The second-order valence-electron chi connectivity index (χ2n) is 5.77. The van der Waals surface area contributed by atoms with E-state index in [4.69, 9.17) is 5.73 Å². The Morgan fingerprint density at radius 2 is 2.08 bits per heavy atom. The predicted molar refractivity (Wildman–Crippen MR) is 93.9 cm³/mol. The molecule has 3 N–H and O–H groups in total. The molecule has 0 aliphatic carbocycles. The molecule has 0 bridgehead atoms. The van der Waals surface area contributed by atoms with E-state index in [2.05, 4.69) is 10.3 Å². The molecule has 0 aromatic carbocycles. The average molecular weight is 389 g/mol. The minimum atomic E-state index is -3.78. The predicted octanol–water partition coefficient (Wildman–Crippen LogP) is -0.385. The van der Waals surface area contributed by atoms with E-state index >= 15 is 0 Å². The number of hydrogen-bond acceptors (Lipinski definition) is 5. The number of rotatable bonds is 4. The van der Waals surface area contributed by atoms with Gasteiger partial charge in [0.2, 0.25) is 10.0 Å². The maximum atomic E-state index is 13.1. The van der Waals surface area contributed by atoms with E-state index in [9.17, 15) is 13.2 Å². The Bertz CT molecular complexity index is 875. The number of halogens is 1. The number of imidazole rings is 1. The first-order valence-electron chi connectivity index (χ1n) is 7.48. The normalized spacial score (nSPS) is 18.7. The summed E-state index contributed by atoms with van der Waals surface area (Å²) >= 11 is 0. The number of sulfonamides is 1. The van der Waals surface area contributed by atoms with Gasteiger partial charge in [-0.15, -0.1) is 12.4 Å². The minimum Gasteiger partial charge on any atom is -0.364 e. The molecular weight excluding hydrogens is 368 g/mol. The molecule has 3 rings (SSSR count). The van der Waals surface area contributed by atoms with Gasteiger partial charge in [0.25, 0.3) is 5.91 Å². The lowest BCUT2D eigenvalue weighted by Gasteiger charge is -2.34. The van der Waals surface area contributed by atoms with Crippen LogP contribution in [0.15, 0.2) is 29.6 Å². The van der Waals surface area contributed by atoms with Gasteiger partial charge >= 0.3 is 0 Å². The molecule has 25 heavy (non-hydrogen) atoms. The first-order chi connectivity index (χ1) is 11.3. The molecule has 11 heteroatoms. The van der Waals surface area contributed by atoms with E-state index in [-0.39, 0.29) is 23.0 Å². The molecule has 1 fully saturated rings. The topological polar surface area (TPSA) is 115 Å². The van der Waals surface area contributed by atoms with Gasteiger partial charge in [-0.3, -0.25) is 4.79 Å². The summed E-state index contributed by atoms with van der Waals surface area (Å²) in [7, 11) is -0.359. The summed E-state index contributed by atoms with van der Waals surface area (Å²) in [6.07, 6.45) is 4.83. The quantitative estimate of drug-likeness (QED) is 0.740. The van der Waals surface area contributed by atoms with Crippen molar-refractivity contribution in [1.29, 1.82) is 0 Å². The van der Waals surface area contributed by atoms with Gasteiger partial charge in [-0.05, 0) is 6.07 Å². The number of piperazine rings is 1. The van der Waals surface area contributed by atoms with Crippen molar-refractivity contribution in [3.8, 4) is 0 Å². The number of carbonyl (C=O) groups excluding carboxylic acids is 1. The van der Waals surface area contributed by atoms with Crippen molar-refractivity contribution in [1.82, 2.24) is 23.7 Å². The molecule has 0 saturated carbocycles. The van der Waals surface area contributed by atoms with E-state index in [1.54, 1.807) is 24.0 Å². The van der Waals surface area contributed by atoms with Crippen LogP contribution < -0.4 is 11.1 Å². The molecule has 1 amide bonds. The lowest BCUT2D eigenvalue weighted by Crippen LogP contribution is -2.49. The highest BCUT2D eigenvalue weighted by atomic mass is 35.5. The van der Waals surface area contributed by atoms with Crippen molar-refractivity contribution < 1.29 is 13.2 Å². The fourth-order valence-electron chi connectivity index (χ4n) is 2.95. The third-order valence-corrected chi connectivity index (χ3v) is 6.06. The summed E-state index contributed by atoms with van der Waals surface area (Å²) in [6, 6.07) is 0.899. The Labute approximate surface area is 152 Å². The number of aromatic nitrogens is 3. The second kappa shape index (κ2) is 7.16. The Kier molecular flexibility index (Phi) is 5.57. The van der Waals surface area contributed by atoms with Crippen LogP contribution in [0.2, 0.25) is 0 Å². The van der Waals surface area contributed by atoms with E-state index in [1.807, 2.05) is 7.05 Å². The van der Waals surface area contributed by atoms with Gasteiger partial charge in [0, 0.05) is 52.3 Å². The summed E-state index contributed by atoms with van der Waals surface area (Å²) in [5.41, 5.74) is 5.43. The molecule has 1 aliphatic heterocycles. The average Bonchev–Trinajstić information content (AvgIpc) is 3.13. The zero-order valence-electron chi connectivity index (χ0n) is 13.9. The van der Waals surface area contributed by atoms with Gasteiger partial charge in [-0.2, -0.15) is 4.31 Å². The largest absolute Gasteiger partial charge is 0.364 e. The molecule has 0 spiro atoms. The molecule has 1 unspecified atom stereocenters. The zero-order chi connectivity index (χ0) is 17.5. The molecule has 1 saturated heterocycles. The monoisotopic (exact) mass is 388 g/mol. The Balaban J connectivity index is 0.00000225. The number of aryl methyl sites for hydroxylation is 2. The van der Waals surface area contributed by atoms with E-state index in [0.29, 0.717) is 25.5 Å². The van der Waals surface area contributed by atoms with Gasteiger partial charge in [-0.25, -0.2) is 13.4 Å². The Hall–Kier alpha value is -1.88. The van der Waals surface area contributed by atoms with Crippen LogP contribution in [0.4, 0.5) is 0 Å². The van der Waals surface area contributed by atoms with E-state index in [0.717, 1.165) is 0 Å². The molecule has 1 aliphatic rings. The Morgan fingerprint density at radius 1 is 1.36 bits per heavy atom. The minimum absolute atomic E-state index is 0. The lowest BCUT2D eigenvalue weighted by molar-refractivity contribution is 0.0992. The standard InChI is InChI=1S/C14H20N6O3S.ClH/c1-18-5-4-17-14(18)12-8-16-3-6-20(12)24(22,23)10-7-11(13(15)21)19(2)9-10;/h4-5,7,9,12,16H,3,6,8H2,1-2H3,(H2,15,21);1H. The molecule has 1 atom stereocenters. The smallest absolute Gasteiger partial charge is 0.265 e. The van der Waals surface area contributed by atoms with Crippen molar-refractivity contribution in [2.75, 3.05) is 19.6 Å². The van der Waals surface area contributed by atoms with Crippen LogP contribution in [0.25, 0.3) is 0 Å². The molecule has 9 nitrogen and oxygen atoms in total. The second-order valence-corrected chi connectivity index (χ2v) is 7.66. The number of amides is 1. The fourth-order valence-corrected chi connectivity index (χ4v) is 4.61. The van der Waals surface area contributed by atoms with Crippen LogP contribution in [-0.2, 0) is 24.1 Å². The first-order valence-corrected chi connectivity index (χ1v) is 8.92. The summed E-state index contributed by atoms with van der Waals surface area (Å²) in [4.78, 5) is 15.7. The number of carbonyl (C=O) groups is 1. The van der Waals surface area contributed by atoms with Crippen molar-refractivity contribution in [3.63, 3.8) is 0 Å². The maximum absolute atomic E-state index is 13.1. The summed E-state index contributed by atoms with van der Waals surface area (Å²) in [6.45, 7) is 1.34. The summed E-state index contributed by atoms with van der Waals surface area (Å²) < 4.78 is 30.8. The van der Waals surface area contributed by atoms with Crippen LogP contribution >= 0.6 is 12.4 Å². The summed E-state index contributed by atoms with van der Waals surface area (Å²) in [5, 5.41) is 3.20. The highest BCUT2D eigenvalue weighted by Crippen LogP contribution is 2.28. The zero-order valence-corrected chi connectivity index (χ0v) is 15.5. The summed E-state index contributed by atoms with van der Waals surface area (Å²) in [5.74, 6) is -0.00302. The SMILES string of the molecule is Cl.Cn1cc(S(=O)(=O)N2CCNCC2c2nccn2C)cc1C(N)=O. The highest BCUT2D eigenvalue weighted by molar-refractivity contribution is 7.89. The van der Waals surface area contributed by atoms with Gasteiger partial charge in [0.1, 0.15) is 16.4 Å². The number of nitrogens with one attached hydrogen (secondary N) is 1. The number of hydrogen-bond donors (Lipinski definition) is 2. The Morgan fingerprint density at radius 3 is 2.64 bits per heavy atom. The van der Waals surface area contributed by atoms with Crippen molar-refractivity contribution >= 4 is 28.3 Å². The van der Waals surface area contributed by atoms with Crippen LogP contribution in [0, 0.1) is 0 Å². The highest BCUT2D eigenvalue weighted by Gasteiger charge is 2.37. The van der Waals surface area contributed by atoms with Crippen LogP contribution in [0.1, 0.15) is 22.4 Å². The lowest BCUT2D eigenvalue weighted by atomic mass is 10.2. The molecular formula is C14H21ClN6O3S. The van der Waals surface area contributed by atoms with Crippen molar-refractivity contribution in [2.45, 2.75) is 10.9 Å². The number of nitrogens with zero attached hydrogens (tertiary/aromatic N) is 4. The van der Waals surface area contributed by atoms with E-state index < -0.39 is 22.0 Å². The van der Waals surface area contributed by atoms with Crippen LogP contribution in [0.5, 0.6) is 0 Å². The first kappa shape index (κ1) is 19.4. The number of nitrogens with two attached hydrogens (primary N) is 1. The molecule has 2 aromatic heterocycles. The van der Waals surface area contributed by atoms with Crippen molar-refractivity contribution in [2.24, 2.45) is 19.8 Å². The van der Waals surface area contributed by atoms with Gasteiger partial charge in [0.15, 0.2) is 0 Å². The number of primary amides is 1. The van der Waals surface area contributed by atoms with Crippen LogP contribution in [-0.4, -0.2) is 52.4 Å².